The number of hydrogen-bond acceptors (Lipinski definition) is 6. The van der Waals surface area contributed by atoms with Crippen molar-refractivity contribution in [3.63, 3.8) is 0 Å². The fraction of sp³-hybridized carbons (Fsp3) is 0.833. The van der Waals surface area contributed by atoms with E-state index in [0.29, 0.717) is 26.2 Å². The molecule has 0 aliphatic carbocycles. The van der Waals surface area contributed by atoms with Gasteiger partial charge in [-0.05, 0) is 12.8 Å². The Kier molecular flexibility index (Phi) is 7.20. The first-order valence-corrected chi connectivity index (χ1v) is 6.28. The average Bonchev–Trinajstić information content (AvgIpc) is 2.88. The van der Waals surface area contributed by atoms with Crippen LogP contribution in [0.2, 0.25) is 0 Å². The quantitative estimate of drug-likeness (QED) is 0.495. The Morgan fingerprint density at radius 1 is 1.05 bits per heavy atom. The fourth-order valence-electron chi connectivity index (χ4n) is 1.85. The Labute approximate surface area is 112 Å². The van der Waals surface area contributed by atoms with E-state index in [2.05, 4.69) is 0 Å². The molecule has 0 aromatic rings. The Hall–Kier alpha value is -1.34. The van der Waals surface area contributed by atoms with Crippen LogP contribution < -0.4 is 0 Å². The van der Waals surface area contributed by atoms with Crippen molar-refractivity contribution in [2.75, 3.05) is 47.2 Å². The molecular weight excluding hydrogens is 254 g/mol. The molecular formula is C12H21NO6. The molecule has 0 aromatic carbocycles. The summed E-state index contributed by atoms with van der Waals surface area (Å²) in [6, 6.07) is -0.549. The molecule has 1 heterocycles. The Morgan fingerprint density at radius 2 is 1.68 bits per heavy atom. The molecule has 0 N–H and O–H groups in total. The van der Waals surface area contributed by atoms with E-state index in [4.69, 9.17) is 18.9 Å². The van der Waals surface area contributed by atoms with Gasteiger partial charge in [-0.2, -0.15) is 0 Å². The van der Waals surface area contributed by atoms with Crippen LogP contribution in [0.25, 0.3) is 0 Å². The summed E-state index contributed by atoms with van der Waals surface area (Å²) in [7, 11) is 3.06. The van der Waals surface area contributed by atoms with E-state index >= 15 is 0 Å². The molecule has 1 unspecified atom stereocenters. The zero-order valence-electron chi connectivity index (χ0n) is 11.4. The van der Waals surface area contributed by atoms with Crippen molar-refractivity contribution in [3.8, 4) is 0 Å². The molecule has 1 saturated heterocycles. The fourth-order valence-corrected chi connectivity index (χ4v) is 1.85. The highest BCUT2D eigenvalue weighted by molar-refractivity contribution is 5.82. The topological polar surface area (TPSA) is 74.3 Å². The lowest BCUT2D eigenvalue weighted by molar-refractivity contribution is -0.149. The standard InChI is InChI=1S/C12H21NO6/c1-16-6-8-18-11(14)10-4-3-5-13(10)12(15)19-9-7-17-2/h10H,3-9H2,1-2H3. The molecule has 1 rings (SSSR count). The normalized spacial score (nSPS) is 18.4. The minimum atomic E-state index is -0.549. The van der Waals surface area contributed by atoms with Crippen LogP contribution in [-0.4, -0.2) is 70.2 Å². The predicted octanol–water partition coefficient (Wildman–Crippen LogP) is 0.423. The number of ether oxygens (including phenoxy) is 4. The number of nitrogens with zero attached hydrogens (tertiary/aromatic N) is 1. The summed E-state index contributed by atoms with van der Waals surface area (Å²) in [5.41, 5.74) is 0. The summed E-state index contributed by atoms with van der Waals surface area (Å²) in [5.74, 6) is -0.404. The highest BCUT2D eigenvalue weighted by atomic mass is 16.6. The average molecular weight is 275 g/mol. The lowest BCUT2D eigenvalue weighted by atomic mass is 10.2. The maximum atomic E-state index is 11.8. The Morgan fingerprint density at radius 3 is 2.32 bits per heavy atom. The summed E-state index contributed by atoms with van der Waals surface area (Å²) in [6.07, 6.45) is 0.873. The minimum absolute atomic E-state index is 0.178. The molecule has 0 aromatic heterocycles. The van der Waals surface area contributed by atoms with E-state index in [1.54, 1.807) is 0 Å². The molecule has 7 heteroatoms. The first-order valence-electron chi connectivity index (χ1n) is 6.28. The number of amides is 1. The number of rotatable bonds is 7. The molecule has 1 amide bonds. The van der Waals surface area contributed by atoms with Crippen molar-refractivity contribution in [1.29, 1.82) is 0 Å². The SMILES string of the molecule is COCCOC(=O)C1CCCN1C(=O)OCCOC. The van der Waals surface area contributed by atoms with Crippen LogP contribution >= 0.6 is 0 Å². The number of methoxy groups -OCH3 is 2. The third-order valence-corrected chi connectivity index (χ3v) is 2.80. The third-order valence-electron chi connectivity index (χ3n) is 2.80. The van der Waals surface area contributed by atoms with Gasteiger partial charge in [-0.25, -0.2) is 9.59 Å². The number of carbonyl (C=O) groups is 2. The first kappa shape index (κ1) is 15.7. The lowest BCUT2D eigenvalue weighted by Gasteiger charge is -2.22. The smallest absolute Gasteiger partial charge is 0.410 e. The predicted molar refractivity (Wildman–Crippen MR) is 65.8 cm³/mol. The highest BCUT2D eigenvalue weighted by Crippen LogP contribution is 2.19. The number of carbonyl (C=O) groups excluding carboxylic acids is 2. The number of esters is 1. The molecule has 1 aliphatic heterocycles. The van der Waals surface area contributed by atoms with E-state index in [-0.39, 0.29) is 13.2 Å². The van der Waals surface area contributed by atoms with Gasteiger partial charge >= 0.3 is 12.1 Å². The molecule has 1 atom stereocenters. The lowest BCUT2D eigenvalue weighted by Crippen LogP contribution is -2.42. The molecule has 0 spiro atoms. The van der Waals surface area contributed by atoms with E-state index < -0.39 is 18.1 Å². The maximum absolute atomic E-state index is 11.8. The third kappa shape index (κ3) is 5.04. The van der Waals surface area contributed by atoms with Crippen molar-refractivity contribution >= 4 is 12.1 Å². The van der Waals surface area contributed by atoms with Crippen molar-refractivity contribution in [2.45, 2.75) is 18.9 Å². The van der Waals surface area contributed by atoms with Gasteiger partial charge in [-0.15, -0.1) is 0 Å². The van der Waals surface area contributed by atoms with E-state index in [9.17, 15) is 9.59 Å². The van der Waals surface area contributed by atoms with Gasteiger partial charge in [0.15, 0.2) is 0 Å². The monoisotopic (exact) mass is 275 g/mol. The molecule has 1 aliphatic rings. The summed E-state index contributed by atoms with van der Waals surface area (Å²) >= 11 is 0. The molecule has 7 nitrogen and oxygen atoms in total. The molecule has 0 bridgehead atoms. The van der Waals surface area contributed by atoms with Gasteiger partial charge in [0.25, 0.3) is 0 Å². The first-order chi connectivity index (χ1) is 9.20. The second-order valence-corrected chi connectivity index (χ2v) is 4.12. The minimum Gasteiger partial charge on any atom is -0.462 e. The summed E-state index contributed by atoms with van der Waals surface area (Å²) < 4.78 is 19.6. The van der Waals surface area contributed by atoms with Crippen molar-refractivity contribution < 1.29 is 28.5 Å². The van der Waals surface area contributed by atoms with Gasteiger partial charge in [0.05, 0.1) is 13.2 Å². The van der Waals surface area contributed by atoms with Gasteiger partial charge in [0.1, 0.15) is 19.3 Å². The van der Waals surface area contributed by atoms with Crippen LogP contribution in [0.5, 0.6) is 0 Å². The van der Waals surface area contributed by atoms with Crippen molar-refractivity contribution in [2.24, 2.45) is 0 Å². The molecule has 0 saturated carbocycles. The van der Waals surface area contributed by atoms with E-state index in [1.165, 1.54) is 19.1 Å². The Balaban J connectivity index is 2.39. The number of likely N-dealkylation sites (tertiary alicyclic amines) is 1. The van der Waals surface area contributed by atoms with Gasteiger partial charge in [-0.1, -0.05) is 0 Å². The van der Waals surface area contributed by atoms with Crippen LogP contribution in [0.3, 0.4) is 0 Å². The second kappa shape index (κ2) is 8.71. The van der Waals surface area contributed by atoms with E-state index in [1.807, 2.05) is 0 Å². The summed E-state index contributed by atoms with van der Waals surface area (Å²) in [4.78, 5) is 25.0. The van der Waals surface area contributed by atoms with Crippen LogP contribution in [0, 0.1) is 0 Å². The van der Waals surface area contributed by atoms with Crippen LogP contribution in [-0.2, 0) is 23.7 Å². The van der Waals surface area contributed by atoms with Crippen molar-refractivity contribution in [3.05, 3.63) is 0 Å². The van der Waals surface area contributed by atoms with E-state index in [0.717, 1.165) is 6.42 Å². The largest absolute Gasteiger partial charge is 0.462 e. The van der Waals surface area contributed by atoms with Gasteiger partial charge < -0.3 is 18.9 Å². The summed E-state index contributed by atoms with van der Waals surface area (Å²) in [5, 5.41) is 0. The molecule has 110 valence electrons. The van der Waals surface area contributed by atoms with Crippen LogP contribution in [0.15, 0.2) is 0 Å². The van der Waals surface area contributed by atoms with Crippen LogP contribution in [0.4, 0.5) is 4.79 Å². The molecule has 1 fully saturated rings. The number of hydrogen-bond donors (Lipinski definition) is 0. The van der Waals surface area contributed by atoms with Gasteiger partial charge in [0.2, 0.25) is 0 Å². The summed E-state index contributed by atoms with van der Waals surface area (Å²) in [6.45, 7) is 1.56. The second-order valence-electron chi connectivity index (χ2n) is 4.12. The highest BCUT2D eigenvalue weighted by Gasteiger charge is 2.36. The van der Waals surface area contributed by atoms with Crippen molar-refractivity contribution in [1.82, 2.24) is 4.90 Å². The van der Waals surface area contributed by atoms with Gasteiger partial charge in [-0.3, -0.25) is 4.90 Å². The Bertz CT molecular complexity index is 268. The molecule has 19 heavy (non-hydrogen) atoms. The zero-order valence-corrected chi connectivity index (χ0v) is 11.4. The maximum Gasteiger partial charge on any atom is 0.410 e. The van der Waals surface area contributed by atoms with Gasteiger partial charge in [0, 0.05) is 20.8 Å². The molecule has 0 radical (unpaired) electrons. The van der Waals surface area contributed by atoms with Crippen LogP contribution in [0.1, 0.15) is 12.8 Å². The zero-order chi connectivity index (χ0) is 14.1.